The van der Waals surface area contributed by atoms with Crippen LogP contribution in [0, 0.1) is 0 Å². The van der Waals surface area contributed by atoms with Gasteiger partial charge in [0, 0.05) is 28.9 Å². The van der Waals surface area contributed by atoms with Gasteiger partial charge in [0.15, 0.2) is 0 Å². The number of anilines is 2. The van der Waals surface area contributed by atoms with Gasteiger partial charge in [-0.15, -0.1) is 0 Å². The second kappa shape index (κ2) is 9.56. The van der Waals surface area contributed by atoms with Gasteiger partial charge >= 0.3 is 0 Å². The smallest absolute Gasteiger partial charge is 0.0785 e. The summed E-state index contributed by atoms with van der Waals surface area (Å²) in [5.41, 5.74) is 5.53. The zero-order valence-electron chi connectivity index (χ0n) is 14.2. The molecule has 0 fully saturated rings. The third kappa shape index (κ3) is 5.24. The van der Waals surface area contributed by atoms with E-state index in [1.165, 1.54) is 52.7 Å². The lowest BCUT2D eigenvalue weighted by atomic mass is 10.0. The minimum absolute atomic E-state index is 1.00. The van der Waals surface area contributed by atoms with E-state index in [4.69, 9.17) is 1.37 Å². The predicted molar refractivity (Wildman–Crippen MR) is 101 cm³/mol. The van der Waals surface area contributed by atoms with Crippen molar-refractivity contribution in [2.75, 3.05) is 30.9 Å². The number of rotatable bonds is 0. The maximum Gasteiger partial charge on any atom is 0.0785 e. The molecule has 0 unspecified atom stereocenters. The van der Waals surface area contributed by atoms with E-state index in [0.717, 1.165) is 13.1 Å². The molecule has 2 aromatic carbocycles. The van der Waals surface area contributed by atoms with Crippen LogP contribution in [0.4, 0.5) is 15.8 Å². The first kappa shape index (κ1) is 16.3. The van der Waals surface area contributed by atoms with E-state index >= 15 is 0 Å². The van der Waals surface area contributed by atoms with E-state index in [9.17, 15) is 4.39 Å². The van der Waals surface area contributed by atoms with Crippen LogP contribution in [0.3, 0.4) is 0 Å². The van der Waals surface area contributed by atoms with Crippen molar-refractivity contribution in [3.63, 3.8) is 0 Å². The number of benzene rings is 2. The molecule has 2 nitrogen and oxygen atoms in total. The van der Waals surface area contributed by atoms with Gasteiger partial charge in [-0.05, 0) is 61.1 Å². The second-order valence-corrected chi connectivity index (χ2v) is 6.43. The number of para-hydroxylation sites is 1. The highest BCUT2D eigenvalue weighted by Crippen LogP contribution is 2.25. The first-order valence-electron chi connectivity index (χ1n) is 8.64. The van der Waals surface area contributed by atoms with E-state index < -0.39 is 7.15 Å². The largest absolute Gasteiger partial charge is 0.385 e. The molecule has 2 aliphatic heterocycles. The minimum atomic E-state index is -1.00. The van der Waals surface area contributed by atoms with Gasteiger partial charge < -0.3 is 10.6 Å². The Morgan fingerprint density at radius 3 is 2.26 bits per heavy atom. The van der Waals surface area contributed by atoms with Crippen LogP contribution in [0.25, 0.3) is 0 Å². The molecule has 0 spiro atoms. The Labute approximate surface area is 148 Å². The Kier molecular flexibility index (Phi) is 6.78. The highest BCUT2D eigenvalue weighted by atomic mass is 79.9. The van der Waals surface area contributed by atoms with E-state index in [1.807, 2.05) is 0 Å². The molecule has 0 saturated heterocycles. The molecule has 4 rings (SSSR count). The Hall–Kier alpha value is -1.55. The van der Waals surface area contributed by atoms with Gasteiger partial charge in [0.1, 0.15) is 0 Å². The van der Waals surface area contributed by atoms with Gasteiger partial charge in [0.2, 0.25) is 0 Å². The third-order valence-corrected chi connectivity index (χ3v) is 4.45. The SMILES string of the molecule is Brc1ccc2c(c1)CCCN2.[2H]CF.c1ccc2c(c1)CCCN2. The molecular formula is C19H24BrFN2. The summed E-state index contributed by atoms with van der Waals surface area (Å²) < 4.78 is 16.7. The highest BCUT2D eigenvalue weighted by molar-refractivity contribution is 9.10. The molecule has 0 radical (unpaired) electrons. The molecule has 2 heterocycles. The van der Waals surface area contributed by atoms with Crippen molar-refractivity contribution < 1.29 is 5.76 Å². The molecule has 0 aliphatic carbocycles. The van der Waals surface area contributed by atoms with Crippen LogP contribution >= 0.6 is 15.9 Å². The quantitative estimate of drug-likeness (QED) is 0.636. The first-order chi connectivity index (χ1) is 11.7. The molecule has 23 heavy (non-hydrogen) atoms. The fourth-order valence-corrected chi connectivity index (χ4v) is 3.26. The molecule has 2 aromatic rings. The summed E-state index contributed by atoms with van der Waals surface area (Å²) >= 11 is 3.46. The van der Waals surface area contributed by atoms with E-state index in [-0.39, 0.29) is 0 Å². The summed E-state index contributed by atoms with van der Waals surface area (Å²) in [5, 5.41) is 6.73. The Balaban J connectivity index is 0.000000150. The van der Waals surface area contributed by atoms with Crippen LogP contribution in [0.15, 0.2) is 46.9 Å². The van der Waals surface area contributed by atoms with Gasteiger partial charge in [0.05, 0.1) is 8.52 Å². The van der Waals surface area contributed by atoms with E-state index in [1.54, 1.807) is 0 Å². The normalized spacial score (nSPS) is 15.0. The van der Waals surface area contributed by atoms with Gasteiger partial charge in [-0.1, -0.05) is 34.1 Å². The summed E-state index contributed by atoms with van der Waals surface area (Å²) in [6, 6.07) is 14.9. The fourth-order valence-electron chi connectivity index (χ4n) is 2.86. The molecule has 0 saturated carbocycles. The first-order valence-corrected chi connectivity index (χ1v) is 8.73. The molecular weight excluding hydrogens is 355 g/mol. The van der Waals surface area contributed by atoms with Crippen molar-refractivity contribution >= 4 is 27.3 Å². The maximum absolute atomic E-state index is 9.96. The van der Waals surface area contributed by atoms with Crippen LogP contribution < -0.4 is 10.6 Å². The summed E-state index contributed by atoms with van der Waals surface area (Å²) in [7, 11) is -1.00. The number of hydrogen-bond donors (Lipinski definition) is 2. The van der Waals surface area contributed by atoms with Crippen LogP contribution in [-0.4, -0.2) is 20.2 Å². The number of aryl methyl sites for hydroxylation is 2. The molecule has 0 bridgehead atoms. The highest BCUT2D eigenvalue weighted by Gasteiger charge is 2.07. The molecule has 0 atom stereocenters. The summed E-state index contributed by atoms with van der Waals surface area (Å²) in [5.74, 6) is 0. The zero-order chi connectivity index (χ0) is 17.2. The van der Waals surface area contributed by atoms with Gasteiger partial charge in [-0.3, -0.25) is 4.39 Å². The van der Waals surface area contributed by atoms with Crippen LogP contribution in [0.5, 0.6) is 0 Å². The van der Waals surface area contributed by atoms with E-state index in [0.29, 0.717) is 0 Å². The Bertz CT molecular complexity index is 612. The zero-order valence-corrected chi connectivity index (χ0v) is 14.8. The summed E-state index contributed by atoms with van der Waals surface area (Å²) in [6.45, 7) is 2.26. The summed E-state index contributed by atoms with van der Waals surface area (Å²) in [4.78, 5) is 0. The second-order valence-electron chi connectivity index (χ2n) is 5.52. The lowest BCUT2D eigenvalue weighted by Crippen LogP contribution is -2.11. The van der Waals surface area contributed by atoms with Crippen molar-refractivity contribution in [2.24, 2.45) is 0 Å². The van der Waals surface area contributed by atoms with Crippen LogP contribution in [-0.2, 0) is 12.8 Å². The van der Waals surface area contributed by atoms with Crippen molar-refractivity contribution in [2.45, 2.75) is 25.7 Å². The van der Waals surface area contributed by atoms with Gasteiger partial charge in [-0.25, -0.2) is 0 Å². The maximum atomic E-state index is 9.96. The Morgan fingerprint density at radius 2 is 1.57 bits per heavy atom. The van der Waals surface area contributed by atoms with Crippen molar-refractivity contribution in [3.8, 4) is 0 Å². The van der Waals surface area contributed by atoms with Crippen LogP contribution in [0.1, 0.15) is 25.3 Å². The number of fused-ring (bicyclic) bond motifs is 2. The average molecular weight is 380 g/mol. The minimum Gasteiger partial charge on any atom is -0.385 e. The van der Waals surface area contributed by atoms with E-state index in [2.05, 4.69) is 69.0 Å². The summed E-state index contributed by atoms with van der Waals surface area (Å²) in [6.07, 6.45) is 4.98. The molecule has 2 aliphatic rings. The number of hydrogen-bond acceptors (Lipinski definition) is 2. The monoisotopic (exact) mass is 379 g/mol. The number of alkyl halides is 1. The van der Waals surface area contributed by atoms with Gasteiger partial charge in [0.25, 0.3) is 0 Å². The molecule has 2 N–H and O–H groups in total. The van der Waals surface area contributed by atoms with Crippen molar-refractivity contribution in [1.82, 2.24) is 0 Å². The lowest BCUT2D eigenvalue weighted by Gasteiger charge is -2.17. The average Bonchev–Trinajstić information content (AvgIpc) is 2.63. The lowest BCUT2D eigenvalue weighted by molar-refractivity contribution is 0.636. The number of nitrogens with one attached hydrogen (secondary N) is 2. The topological polar surface area (TPSA) is 24.1 Å². The van der Waals surface area contributed by atoms with Gasteiger partial charge in [-0.2, -0.15) is 0 Å². The molecule has 4 heteroatoms. The number of halogens is 2. The standard InChI is InChI=1S/C9H10BrN.C9H11N.CH3F/c10-8-3-4-9-7(6-8)2-1-5-11-9;1-2-6-9-8(4-1)5-3-7-10-9;1-2/h3-4,6,11H,1-2,5H2;1-2,4,6,10H,3,5,7H2;1H3/i;;1D. The molecule has 0 amide bonds. The van der Waals surface area contributed by atoms with Crippen molar-refractivity contribution in [1.29, 1.82) is 0 Å². The third-order valence-electron chi connectivity index (χ3n) is 3.96. The fraction of sp³-hybridized carbons (Fsp3) is 0.368. The predicted octanol–water partition coefficient (Wildman–Crippen LogP) is 5.44. The molecule has 124 valence electrons. The Morgan fingerprint density at radius 1 is 0.957 bits per heavy atom. The molecule has 0 aromatic heterocycles. The van der Waals surface area contributed by atoms with Crippen LogP contribution in [0.2, 0.25) is 0 Å². The van der Waals surface area contributed by atoms with Crippen molar-refractivity contribution in [3.05, 3.63) is 58.1 Å².